The highest BCUT2D eigenvalue weighted by molar-refractivity contribution is 4.86. The minimum Gasteiger partial charge on any atom is -0.382 e. The molecule has 3 nitrogen and oxygen atoms in total. The predicted octanol–water partition coefficient (Wildman–Crippen LogP) is 1.18. The van der Waals surface area contributed by atoms with E-state index in [0.29, 0.717) is 18.8 Å². The zero-order valence-electron chi connectivity index (χ0n) is 8.88. The molecular weight excluding hydrogens is 166 g/mol. The second-order valence-corrected chi connectivity index (χ2v) is 3.75. The molecule has 0 amide bonds. The van der Waals surface area contributed by atoms with Gasteiger partial charge in [0.2, 0.25) is 0 Å². The van der Waals surface area contributed by atoms with Gasteiger partial charge in [0.05, 0.1) is 18.8 Å². The maximum absolute atomic E-state index is 5.74. The van der Waals surface area contributed by atoms with Crippen molar-refractivity contribution in [1.29, 1.82) is 0 Å². The molecule has 1 unspecified atom stereocenters. The van der Waals surface area contributed by atoms with Crippen LogP contribution in [0.4, 0.5) is 0 Å². The Morgan fingerprint density at radius 1 is 1.46 bits per heavy atom. The molecule has 1 aliphatic carbocycles. The van der Waals surface area contributed by atoms with Crippen molar-refractivity contribution >= 4 is 0 Å². The van der Waals surface area contributed by atoms with Crippen LogP contribution in [0.15, 0.2) is 0 Å². The summed E-state index contributed by atoms with van der Waals surface area (Å²) in [6.07, 6.45) is 3.00. The Kier molecular flexibility index (Phi) is 4.70. The Bertz CT molecular complexity index is 135. The first kappa shape index (κ1) is 11.0. The van der Waals surface area contributed by atoms with Gasteiger partial charge in [-0.05, 0) is 26.3 Å². The van der Waals surface area contributed by atoms with Crippen LogP contribution in [0, 0.1) is 0 Å². The van der Waals surface area contributed by atoms with Crippen molar-refractivity contribution in [3.8, 4) is 0 Å². The maximum Gasteiger partial charge on any atom is 0.0784 e. The number of hydrogen-bond donors (Lipinski definition) is 1. The lowest BCUT2D eigenvalue weighted by molar-refractivity contribution is -0.0797. The van der Waals surface area contributed by atoms with Gasteiger partial charge in [-0.1, -0.05) is 6.92 Å². The fourth-order valence-corrected chi connectivity index (χ4v) is 1.73. The van der Waals surface area contributed by atoms with Gasteiger partial charge < -0.3 is 14.8 Å². The first-order valence-corrected chi connectivity index (χ1v) is 5.14. The van der Waals surface area contributed by atoms with E-state index >= 15 is 0 Å². The molecule has 1 atom stereocenters. The minimum absolute atomic E-state index is 0.234. The average molecular weight is 187 g/mol. The highest BCUT2D eigenvalue weighted by atomic mass is 16.5. The van der Waals surface area contributed by atoms with E-state index in [1.807, 2.05) is 0 Å². The standard InChI is InChI=1S/C10H21NO2/c1-4-11-9-5-10(6-9)13-8(2)7-12-3/h8-11H,4-7H2,1-3H3. The maximum atomic E-state index is 5.74. The average Bonchev–Trinajstić information content (AvgIpc) is 2.01. The van der Waals surface area contributed by atoms with Gasteiger partial charge in [-0.15, -0.1) is 0 Å². The summed E-state index contributed by atoms with van der Waals surface area (Å²) in [5.41, 5.74) is 0. The van der Waals surface area contributed by atoms with Crippen molar-refractivity contribution in [2.45, 2.75) is 44.9 Å². The van der Waals surface area contributed by atoms with Gasteiger partial charge in [0.15, 0.2) is 0 Å². The van der Waals surface area contributed by atoms with E-state index in [-0.39, 0.29) is 6.10 Å². The summed E-state index contributed by atoms with van der Waals surface area (Å²) < 4.78 is 10.7. The molecular formula is C10H21NO2. The zero-order chi connectivity index (χ0) is 9.68. The third kappa shape index (κ3) is 3.63. The van der Waals surface area contributed by atoms with Crippen LogP contribution in [-0.2, 0) is 9.47 Å². The molecule has 78 valence electrons. The summed E-state index contributed by atoms with van der Waals surface area (Å²) in [6.45, 7) is 5.96. The fraction of sp³-hybridized carbons (Fsp3) is 1.00. The molecule has 1 aliphatic rings. The SMILES string of the molecule is CCNC1CC(OC(C)COC)C1. The van der Waals surface area contributed by atoms with Crippen LogP contribution in [-0.4, -0.2) is 38.5 Å². The number of nitrogens with one attached hydrogen (secondary N) is 1. The number of rotatable bonds is 6. The third-order valence-electron chi connectivity index (χ3n) is 2.41. The molecule has 0 heterocycles. The molecule has 0 radical (unpaired) electrons. The van der Waals surface area contributed by atoms with E-state index in [2.05, 4.69) is 19.2 Å². The highest BCUT2D eigenvalue weighted by Gasteiger charge is 2.30. The van der Waals surface area contributed by atoms with E-state index in [1.165, 1.54) is 0 Å². The Labute approximate surface area is 80.8 Å². The van der Waals surface area contributed by atoms with Gasteiger partial charge in [0.1, 0.15) is 0 Å². The fourth-order valence-electron chi connectivity index (χ4n) is 1.73. The molecule has 1 N–H and O–H groups in total. The molecule has 0 aromatic rings. The molecule has 0 aromatic carbocycles. The summed E-state index contributed by atoms with van der Waals surface area (Å²) in [6, 6.07) is 0.685. The van der Waals surface area contributed by atoms with Gasteiger partial charge in [-0.3, -0.25) is 0 Å². The largest absolute Gasteiger partial charge is 0.382 e. The first-order valence-electron chi connectivity index (χ1n) is 5.14. The second-order valence-electron chi connectivity index (χ2n) is 3.75. The predicted molar refractivity (Wildman–Crippen MR) is 52.9 cm³/mol. The Morgan fingerprint density at radius 3 is 2.69 bits per heavy atom. The van der Waals surface area contributed by atoms with E-state index in [9.17, 15) is 0 Å². The van der Waals surface area contributed by atoms with Gasteiger partial charge in [0, 0.05) is 13.2 Å². The van der Waals surface area contributed by atoms with Gasteiger partial charge in [0.25, 0.3) is 0 Å². The molecule has 1 rings (SSSR count). The smallest absolute Gasteiger partial charge is 0.0784 e. The van der Waals surface area contributed by atoms with Crippen LogP contribution in [0.5, 0.6) is 0 Å². The number of ether oxygens (including phenoxy) is 2. The summed E-state index contributed by atoms with van der Waals surface area (Å²) in [5.74, 6) is 0. The molecule has 13 heavy (non-hydrogen) atoms. The zero-order valence-corrected chi connectivity index (χ0v) is 8.88. The normalized spacial score (nSPS) is 29.8. The lowest BCUT2D eigenvalue weighted by Crippen LogP contribution is -2.46. The van der Waals surface area contributed by atoms with E-state index in [0.717, 1.165) is 19.4 Å². The summed E-state index contributed by atoms with van der Waals surface area (Å²) in [5, 5.41) is 3.41. The van der Waals surface area contributed by atoms with Crippen LogP contribution in [0.3, 0.4) is 0 Å². The van der Waals surface area contributed by atoms with Gasteiger partial charge in [-0.2, -0.15) is 0 Å². The van der Waals surface area contributed by atoms with Crippen molar-refractivity contribution in [2.75, 3.05) is 20.3 Å². The lowest BCUT2D eigenvalue weighted by Gasteiger charge is -2.37. The van der Waals surface area contributed by atoms with Crippen LogP contribution in [0.2, 0.25) is 0 Å². The number of hydrogen-bond acceptors (Lipinski definition) is 3. The van der Waals surface area contributed by atoms with Gasteiger partial charge in [-0.25, -0.2) is 0 Å². The monoisotopic (exact) mass is 187 g/mol. The molecule has 0 bridgehead atoms. The molecule has 1 saturated carbocycles. The molecule has 0 saturated heterocycles. The van der Waals surface area contributed by atoms with Crippen molar-refractivity contribution in [3.05, 3.63) is 0 Å². The topological polar surface area (TPSA) is 30.5 Å². The van der Waals surface area contributed by atoms with Crippen LogP contribution < -0.4 is 5.32 Å². The van der Waals surface area contributed by atoms with Crippen LogP contribution >= 0.6 is 0 Å². The van der Waals surface area contributed by atoms with Crippen LogP contribution in [0.1, 0.15) is 26.7 Å². The quantitative estimate of drug-likeness (QED) is 0.677. The summed E-state index contributed by atoms with van der Waals surface area (Å²) in [4.78, 5) is 0. The highest BCUT2D eigenvalue weighted by Crippen LogP contribution is 2.24. The van der Waals surface area contributed by atoms with Crippen molar-refractivity contribution in [2.24, 2.45) is 0 Å². The van der Waals surface area contributed by atoms with Crippen molar-refractivity contribution in [1.82, 2.24) is 5.32 Å². The number of methoxy groups -OCH3 is 1. The molecule has 3 heteroatoms. The minimum atomic E-state index is 0.234. The molecule has 0 aromatic heterocycles. The van der Waals surface area contributed by atoms with E-state index in [4.69, 9.17) is 9.47 Å². The Hall–Kier alpha value is -0.120. The third-order valence-corrected chi connectivity index (χ3v) is 2.41. The van der Waals surface area contributed by atoms with E-state index in [1.54, 1.807) is 7.11 Å². The van der Waals surface area contributed by atoms with Crippen molar-refractivity contribution in [3.63, 3.8) is 0 Å². The first-order chi connectivity index (χ1) is 6.26. The second kappa shape index (κ2) is 5.58. The molecule has 1 fully saturated rings. The van der Waals surface area contributed by atoms with E-state index < -0.39 is 0 Å². The van der Waals surface area contributed by atoms with Gasteiger partial charge >= 0.3 is 0 Å². The summed E-state index contributed by atoms with van der Waals surface area (Å²) in [7, 11) is 1.71. The molecule has 0 spiro atoms. The Morgan fingerprint density at radius 2 is 2.15 bits per heavy atom. The molecule has 0 aliphatic heterocycles. The van der Waals surface area contributed by atoms with Crippen LogP contribution in [0.25, 0.3) is 0 Å². The lowest BCUT2D eigenvalue weighted by atomic mass is 9.89. The Balaban J connectivity index is 2.00. The van der Waals surface area contributed by atoms with Crippen molar-refractivity contribution < 1.29 is 9.47 Å². The summed E-state index contributed by atoms with van der Waals surface area (Å²) >= 11 is 0.